The summed E-state index contributed by atoms with van der Waals surface area (Å²) < 4.78 is 10.5. The quantitative estimate of drug-likeness (QED) is 0.347. The molecule has 2 aromatic rings. The summed E-state index contributed by atoms with van der Waals surface area (Å²) in [5.74, 6) is 0.935. The van der Waals surface area contributed by atoms with Crippen molar-refractivity contribution in [2.75, 3.05) is 26.0 Å². The lowest BCUT2D eigenvalue weighted by Gasteiger charge is -2.08. The van der Waals surface area contributed by atoms with Crippen LogP contribution in [0.25, 0.3) is 0 Å². The maximum atomic E-state index is 12.0. The molecule has 0 saturated carbocycles. The number of carbonyl (C=O) groups excluding carboxylic acids is 1. The summed E-state index contributed by atoms with van der Waals surface area (Å²) in [7, 11) is 1.58. The van der Waals surface area contributed by atoms with Crippen LogP contribution in [0, 0.1) is 10.1 Å². The van der Waals surface area contributed by atoms with Gasteiger partial charge in [0, 0.05) is 11.6 Å². The zero-order valence-electron chi connectivity index (χ0n) is 13.0. The van der Waals surface area contributed by atoms with Crippen molar-refractivity contribution in [1.29, 1.82) is 0 Å². The standard InChI is InChI=1S/C16H17N3O5/c1-23-12-3-5-13(6-4-12)24-9-8-18-16(20)11-2-7-14(17)15(10-11)19(21)22/h2-7,10H,8-9,17H2,1H3,(H,18,20). The molecular formula is C16H17N3O5. The van der Waals surface area contributed by atoms with Crippen molar-refractivity contribution in [2.24, 2.45) is 0 Å². The first-order chi connectivity index (χ1) is 11.5. The molecule has 8 heteroatoms. The van der Waals surface area contributed by atoms with Crippen LogP contribution in [0.3, 0.4) is 0 Å². The second kappa shape index (κ2) is 7.82. The van der Waals surface area contributed by atoms with Gasteiger partial charge >= 0.3 is 0 Å². The van der Waals surface area contributed by atoms with Gasteiger partial charge in [-0.05, 0) is 36.4 Å². The van der Waals surface area contributed by atoms with E-state index in [0.29, 0.717) is 5.75 Å². The van der Waals surface area contributed by atoms with Gasteiger partial charge in [0.25, 0.3) is 11.6 Å². The van der Waals surface area contributed by atoms with Gasteiger partial charge < -0.3 is 20.5 Å². The third-order valence-electron chi connectivity index (χ3n) is 3.21. The number of nitrogens with two attached hydrogens (primary N) is 1. The zero-order chi connectivity index (χ0) is 17.5. The lowest BCUT2D eigenvalue weighted by Crippen LogP contribution is -2.28. The summed E-state index contributed by atoms with van der Waals surface area (Å²) in [5.41, 5.74) is 5.38. The van der Waals surface area contributed by atoms with Crippen molar-refractivity contribution >= 4 is 17.3 Å². The van der Waals surface area contributed by atoms with E-state index >= 15 is 0 Å². The molecule has 3 N–H and O–H groups in total. The highest BCUT2D eigenvalue weighted by atomic mass is 16.6. The summed E-state index contributed by atoms with van der Waals surface area (Å²) in [6.45, 7) is 0.512. The maximum Gasteiger partial charge on any atom is 0.292 e. The van der Waals surface area contributed by atoms with Crippen LogP contribution in [-0.4, -0.2) is 31.1 Å². The van der Waals surface area contributed by atoms with Gasteiger partial charge in [-0.25, -0.2) is 0 Å². The molecule has 24 heavy (non-hydrogen) atoms. The molecule has 2 rings (SSSR count). The Labute approximate surface area is 138 Å². The number of amides is 1. The number of rotatable bonds is 7. The Bertz CT molecular complexity index is 731. The van der Waals surface area contributed by atoms with Crippen molar-refractivity contribution < 1.29 is 19.2 Å². The number of nitro groups is 1. The van der Waals surface area contributed by atoms with Crippen LogP contribution in [-0.2, 0) is 0 Å². The molecule has 8 nitrogen and oxygen atoms in total. The minimum Gasteiger partial charge on any atom is -0.497 e. The number of nitro benzene ring substituents is 1. The first kappa shape index (κ1) is 17.1. The third-order valence-corrected chi connectivity index (χ3v) is 3.21. The van der Waals surface area contributed by atoms with Gasteiger partial charge in [-0.1, -0.05) is 0 Å². The first-order valence-electron chi connectivity index (χ1n) is 7.10. The fourth-order valence-electron chi connectivity index (χ4n) is 1.95. The fraction of sp³-hybridized carbons (Fsp3) is 0.188. The lowest BCUT2D eigenvalue weighted by atomic mass is 10.1. The molecule has 0 heterocycles. The van der Waals surface area contributed by atoms with E-state index in [0.717, 1.165) is 11.8 Å². The molecule has 0 aromatic heterocycles. The predicted octanol–water partition coefficient (Wildman–Crippen LogP) is 1.99. The Morgan fingerprint density at radius 2 is 1.88 bits per heavy atom. The van der Waals surface area contributed by atoms with E-state index < -0.39 is 10.8 Å². The SMILES string of the molecule is COc1ccc(OCCNC(=O)c2ccc(N)c([N+](=O)[O-])c2)cc1. The number of anilines is 1. The molecule has 0 fully saturated rings. The topological polar surface area (TPSA) is 117 Å². The summed E-state index contributed by atoms with van der Waals surface area (Å²) in [6.07, 6.45) is 0. The molecule has 0 aliphatic heterocycles. The average Bonchev–Trinajstić information content (AvgIpc) is 2.59. The molecule has 0 atom stereocenters. The van der Waals surface area contributed by atoms with Crippen LogP contribution in [0.4, 0.5) is 11.4 Å². The van der Waals surface area contributed by atoms with Crippen molar-refractivity contribution in [1.82, 2.24) is 5.32 Å². The minimum absolute atomic E-state index is 0.0133. The van der Waals surface area contributed by atoms with E-state index in [1.165, 1.54) is 12.1 Å². The number of benzene rings is 2. The molecule has 126 valence electrons. The van der Waals surface area contributed by atoms with E-state index in [2.05, 4.69) is 5.32 Å². The normalized spacial score (nSPS) is 10.0. The van der Waals surface area contributed by atoms with Crippen LogP contribution in [0.1, 0.15) is 10.4 Å². The smallest absolute Gasteiger partial charge is 0.292 e. The van der Waals surface area contributed by atoms with E-state index in [-0.39, 0.29) is 30.1 Å². The first-order valence-corrected chi connectivity index (χ1v) is 7.10. The Hall–Kier alpha value is -3.29. The highest BCUT2D eigenvalue weighted by Crippen LogP contribution is 2.22. The van der Waals surface area contributed by atoms with Crippen molar-refractivity contribution in [3.05, 3.63) is 58.1 Å². The molecule has 0 unspecified atom stereocenters. The Kier molecular flexibility index (Phi) is 5.56. The molecule has 0 spiro atoms. The highest BCUT2D eigenvalue weighted by Gasteiger charge is 2.15. The second-order valence-corrected chi connectivity index (χ2v) is 4.81. The Morgan fingerprint density at radius 1 is 1.21 bits per heavy atom. The van der Waals surface area contributed by atoms with Crippen LogP contribution in [0.5, 0.6) is 11.5 Å². The predicted molar refractivity (Wildman–Crippen MR) is 88.3 cm³/mol. The molecule has 0 radical (unpaired) electrons. The lowest BCUT2D eigenvalue weighted by molar-refractivity contribution is -0.383. The third kappa shape index (κ3) is 4.35. The van der Waals surface area contributed by atoms with Gasteiger partial charge in [0.05, 0.1) is 18.6 Å². The van der Waals surface area contributed by atoms with Crippen LogP contribution < -0.4 is 20.5 Å². The van der Waals surface area contributed by atoms with Crippen molar-refractivity contribution in [3.63, 3.8) is 0 Å². The van der Waals surface area contributed by atoms with Gasteiger partial charge in [0.1, 0.15) is 23.8 Å². The molecule has 0 saturated heterocycles. The second-order valence-electron chi connectivity index (χ2n) is 4.81. The van der Waals surface area contributed by atoms with Gasteiger partial charge in [-0.2, -0.15) is 0 Å². The van der Waals surface area contributed by atoms with Crippen molar-refractivity contribution in [2.45, 2.75) is 0 Å². The number of carbonyl (C=O) groups is 1. The number of nitrogens with one attached hydrogen (secondary N) is 1. The molecule has 2 aromatic carbocycles. The number of ether oxygens (including phenoxy) is 2. The molecule has 0 aliphatic carbocycles. The number of hydrogen-bond acceptors (Lipinski definition) is 6. The van der Waals surface area contributed by atoms with Gasteiger partial charge in [0.2, 0.25) is 0 Å². The monoisotopic (exact) mass is 331 g/mol. The van der Waals surface area contributed by atoms with Crippen LogP contribution in [0.15, 0.2) is 42.5 Å². The Morgan fingerprint density at radius 3 is 2.50 bits per heavy atom. The van der Waals surface area contributed by atoms with E-state index in [1.54, 1.807) is 31.4 Å². The summed E-state index contributed by atoms with van der Waals surface area (Å²) >= 11 is 0. The minimum atomic E-state index is -0.626. The molecule has 0 aliphatic rings. The van der Waals surface area contributed by atoms with Gasteiger partial charge in [-0.15, -0.1) is 0 Å². The fourth-order valence-corrected chi connectivity index (χ4v) is 1.95. The van der Waals surface area contributed by atoms with Gasteiger partial charge in [0.15, 0.2) is 0 Å². The van der Waals surface area contributed by atoms with Crippen molar-refractivity contribution in [3.8, 4) is 11.5 Å². The van der Waals surface area contributed by atoms with E-state index in [1.807, 2.05) is 0 Å². The average molecular weight is 331 g/mol. The number of nitrogen functional groups attached to an aromatic ring is 1. The Balaban J connectivity index is 1.84. The van der Waals surface area contributed by atoms with Crippen LogP contribution in [0.2, 0.25) is 0 Å². The van der Waals surface area contributed by atoms with Crippen LogP contribution >= 0.6 is 0 Å². The number of nitrogens with zero attached hydrogens (tertiary/aromatic N) is 1. The largest absolute Gasteiger partial charge is 0.497 e. The molecule has 1 amide bonds. The number of hydrogen-bond donors (Lipinski definition) is 2. The van der Waals surface area contributed by atoms with E-state index in [4.69, 9.17) is 15.2 Å². The summed E-state index contributed by atoms with van der Waals surface area (Å²) in [4.78, 5) is 22.2. The van der Waals surface area contributed by atoms with Gasteiger partial charge in [-0.3, -0.25) is 14.9 Å². The molecular weight excluding hydrogens is 314 g/mol. The summed E-state index contributed by atoms with van der Waals surface area (Å²) in [5, 5.41) is 13.4. The van der Waals surface area contributed by atoms with E-state index in [9.17, 15) is 14.9 Å². The zero-order valence-corrected chi connectivity index (χ0v) is 13.0. The number of methoxy groups -OCH3 is 1. The summed E-state index contributed by atoms with van der Waals surface area (Å²) in [6, 6.07) is 11.0. The maximum absolute atomic E-state index is 12.0. The molecule has 0 bridgehead atoms. The highest BCUT2D eigenvalue weighted by molar-refractivity contribution is 5.95.